The van der Waals surface area contributed by atoms with Crippen molar-refractivity contribution in [2.75, 3.05) is 0 Å². The van der Waals surface area contributed by atoms with Crippen LogP contribution in [0.1, 0.15) is 55.8 Å². The van der Waals surface area contributed by atoms with Crippen LogP contribution in [0.4, 0.5) is 0 Å². The van der Waals surface area contributed by atoms with Crippen LogP contribution in [-0.2, 0) is 13.5 Å². The van der Waals surface area contributed by atoms with Gasteiger partial charge in [-0.05, 0) is 50.4 Å². The van der Waals surface area contributed by atoms with Crippen molar-refractivity contribution in [3.8, 4) is 0 Å². The molecule has 0 aromatic carbocycles. The fourth-order valence-electron chi connectivity index (χ4n) is 4.59. The van der Waals surface area contributed by atoms with Gasteiger partial charge in [0.15, 0.2) is 0 Å². The van der Waals surface area contributed by atoms with Crippen LogP contribution in [0, 0.1) is 11.8 Å². The fourth-order valence-corrected chi connectivity index (χ4v) is 4.59. The van der Waals surface area contributed by atoms with Crippen molar-refractivity contribution in [3.63, 3.8) is 0 Å². The maximum atomic E-state index is 4.45. The van der Waals surface area contributed by atoms with Gasteiger partial charge in [0.1, 0.15) is 0 Å². The van der Waals surface area contributed by atoms with Gasteiger partial charge >= 0.3 is 0 Å². The number of nitrogens with zero attached hydrogens (tertiary/aromatic N) is 2. The van der Waals surface area contributed by atoms with Crippen molar-refractivity contribution in [2.24, 2.45) is 18.9 Å². The molecule has 1 aromatic rings. The SMILES string of the molecule is Cn1ncc2c1CCCC2NC1CC2CCC1C2. The summed E-state index contributed by atoms with van der Waals surface area (Å²) in [5.74, 6) is 2.00. The quantitative estimate of drug-likeness (QED) is 0.868. The molecule has 3 aliphatic rings. The molecular weight excluding hydrogens is 222 g/mol. The summed E-state index contributed by atoms with van der Waals surface area (Å²) in [6, 6.07) is 1.37. The molecule has 0 aliphatic heterocycles. The zero-order valence-electron chi connectivity index (χ0n) is 11.2. The second-order valence-electron chi connectivity index (χ2n) is 6.56. The standard InChI is InChI=1S/C15H23N3/c1-18-15-4-2-3-13(12(15)9-16-18)17-14-8-10-5-6-11(14)7-10/h9-11,13-14,17H,2-8H2,1H3. The zero-order chi connectivity index (χ0) is 12.1. The molecule has 3 aliphatic carbocycles. The topological polar surface area (TPSA) is 29.9 Å². The lowest BCUT2D eigenvalue weighted by atomic mass is 9.89. The number of aromatic nitrogens is 2. The first kappa shape index (κ1) is 11.0. The molecule has 18 heavy (non-hydrogen) atoms. The minimum absolute atomic E-state index is 0.576. The third-order valence-corrected chi connectivity index (χ3v) is 5.53. The molecule has 0 amide bonds. The van der Waals surface area contributed by atoms with E-state index in [2.05, 4.69) is 28.3 Å². The van der Waals surface area contributed by atoms with E-state index in [0.29, 0.717) is 6.04 Å². The Labute approximate surface area is 109 Å². The highest BCUT2D eigenvalue weighted by Gasteiger charge is 2.40. The van der Waals surface area contributed by atoms with Crippen molar-refractivity contribution >= 4 is 0 Å². The smallest absolute Gasteiger partial charge is 0.0540 e. The number of nitrogens with one attached hydrogen (secondary N) is 1. The molecule has 4 unspecified atom stereocenters. The monoisotopic (exact) mass is 245 g/mol. The predicted octanol–water partition coefficient (Wildman–Crippen LogP) is 2.58. The summed E-state index contributed by atoms with van der Waals surface area (Å²) in [6.45, 7) is 0. The molecule has 1 heterocycles. The summed E-state index contributed by atoms with van der Waals surface area (Å²) in [5, 5.41) is 8.41. The second kappa shape index (κ2) is 4.09. The summed E-state index contributed by atoms with van der Waals surface area (Å²) in [6.07, 6.45) is 11.8. The van der Waals surface area contributed by atoms with Gasteiger partial charge in [-0.3, -0.25) is 4.68 Å². The normalized spacial score (nSPS) is 38.1. The van der Waals surface area contributed by atoms with E-state index >= 15 is 0 Å². The van der Waals surface area contributed by atoms with Crippen LogP contribution >= 0.6 is 0 Å². The molecule has 1 aromatic heterocycles. The van der Waals surface area contributed by atoms with Gasteiger partial charge in [0.05, 0.1) is 6.20 Å². The Hall–Kier alpha value is -0.830. The molecule has 0 spiro atoms. The highest BCUT2D eigenvalue weighted by atomic mass is 15.3. The molecule has 2 saturated carbocycles. The fraction of sp³-hybridized carbons (Fsp3) is 0.800. The number of rotatable bonds is 2. The molecule has 4 rings (SSSR count). The van der Waals surface area contributed by atoms with Crippen LogP contribution in [0.15, 0.2) is 6.20 Å². The highest BCUT2D eigenvalue weighted by molar-refractivity contribution is 5.25. The van der Waals surface area contributed by atoms with E-state index in [1.54, 1.807) is 0 Å². The first-order chi connectivity index (χ1) is 8.81. The van der Waals surface area contributed by atoms with Crippen molar-refractivity contribution in [2.45, 2.75) is 57.0 Å². The van der Waals surface area contributed by atoms with Gasteiger partial charge in [-0.15, -0.1) is 0 Å². The van der Waals surface area contributed by atoms with E-state index in [4.69, 9.17) is 0 Å². The van der Waals surface area contributed by atoms with E-state index in [1.165, 1.54) is 56.2 Å². The van der Waals surface area contributed by atoms with Crippen LogP contribution in [0.25, 0.3) is 0 Å². The van der Waals surface area contributed by atoms with Gasteiger partial charge in [0, 0.05) is 30.4 Å². The lowest BCUT2D eigenvalue weighted by Crippen LogP contribution is -2.38. The summed E-state index contributed by atoms with van der Waals surface area (Å²) >= 11 is 0. The second-order valence-corrected chi connectivity index (χ2v) is 6.56. The molecule has 0 saturated heterocycles. The van der Waals surface area contributed by atoms with Gasteiger partial charge in [0.2, 0.25) is 0 Å². The number of hydrogen-bond acceptors (Lipinski definition) is 2. The summed E-state index contributed by atoms with van der Waals surface area (Å²) in [7, 11) is 2.08. The molecule has 1 N–H and O–H groups in total. The Morgan fingerprint density at radius 1 is 1.28 bits per heavy atom. The van der Waals surface area contributed by atoms with Crippen LogP contribution in [0.5, 0.6) is 0 Å². The molecular formula is C15H23N3. The number of hydrogen-bond donors (Lipinski definition) is 1. The number of aryl methyl sites for hydroxylation is 1. The molecule has 3 nitrogen and oxygen atoms in total. The Kier molecular flexibility index (Phi) is 2.51. The average molecular weight is 245 g/mol. The van der Waals surface area contributed by atoms with Crippen LogP contribution in [-0.4, -0.2) is 15.8 Å². The van der Waals surface area contributed by atoms with E-state index in [9.17, 15) is 0 Å². The van der Waals surface area contributed by atoms with E-state index < -0.39 is 0 Å². The van der Waals surface area contributed by atoms with Gasteiger partial charge in [0.25, 0.3) is 0 Å². The maximum absolute atomic E-state index is 4.45. The molecule has 3 heteroatoms. The summed E-state index contributed by atoms with van der Waals surface area (Å²) in [5.41, 5.74) is 2.94. The van der Waals surface area contributed by atoms with Crippen LogP contribution in [0.3, 0.4) is 0 Å². The molecule has 0 radical (unpaired) electrons. The van der Waals surface area contributed by atoms with Gasteiger partial charge in [-0.2, -0.15) is 5.10 Å². The van der Waals surface area contributed by atoms with E-state index in [-0.39, 0.29) is 0 Å². The van der Waals surface area contributed by atoms with Crippen molar-refractivity contribution < 1.29 is 0 Å². The Bertz CT molecular complexity index is 451. The minimum Gasteiger partial charge on any atom is -0.307 e. The predicted molar refractivity (Wildman–Crippen MR) is 71.3 cm³/mol. The molecule has 4 atom stereocenters. The van der Waals surface area contributed by atoms with E-state index in [0.717, 1.165) is 17.9 Å². The van der Waals surface area contributed by atoms with Gasteiger partial charge in [-0.1, -0.05) is 6.42 Å². The van der Waals surface area contributed by atoms with Crippen LogP contribution < -0.4 is 5.32 Å². The largest absolute Gasteiger partial charge is 0.307 e. The van der Waals surface area contributed by atoms with E-state index in [1.807, 2.05) is 0 Å². The first-order valence-electron chi connectivity index (χ1n) is 7.58. The Morgan fingerprint density at radius 2 is 2.22 bits per heavy atom. The van der Waals surface area contributed by atoms with Crippen molar-refractivity contribution in [1.29, 1.82) is 0 Å². The molecule has 2 bridgehead atoms. The summed E-state index contributed by atoms with van der Waals surface area (Å²) in [4.78, 5) is 0. The Morgan fingerprint density at radius 3 is 3.00 bits per heavy atom. The Balaban J connectivity index is 1.53. The lowest BCUT2D eigenvalue weighted by molar-refractivity contribution is 0.303. The third-order valence-electron chi connectivity index (χ3n) is 5.53. The zero-order valence-corrected chi connectivity index (χ0v) is 11.2. The maximum Gasteiger partial charge on any atom is 0.0540 e. The highest BCUT2D eigenvalue weighted by Crippen LogP contribution is 2.45. The van der Waals surface area contributed by atoms with Crippen LogP contribution in [0.2, 0.25) is 0 Å². The minimum atomic E-state index is 0.576. The van der Waals surface area contributed by atoms with Crippen molar-refractivity contribution in [3.05, 3.63) is 17.5 Å². The van der Waals surface area contributed by atoms with Gasteiger partial charge < -0.3 is 5.32 Å². The van der Waals surface area contributed by atoms with Gasteiger partial charge in [-0.25, -0.2) is 0 Å². The third kappa shape index (κ3) is 1.63. The van der Waals surface area contributed by atoms with Crippen molar-refractivity contribution in [1.82, 2.24) is 15.1 Å². The first-order valence-corrected chi connectivity index (χ1v) is 7.58. The summed E-state index contributed by atoms with van der Waals surface area (Å²) < 4.78 is 2.07. The number of fused-ring (bicyclic) bond motifs is 3. The lowest BCUT2D eigenvalue weighted by Gasteiger charge is -2.31. The molecule has 98 valence electrons. The average Bonchev–Trinajstić information content (AvgIpc) is 3.06. The molecule has 2 fully saturated rings.